The molecule has 80 valence electrons. The molecular weight excluding hydrogens is 200 g/mol. The lowest BCUT2D eigenvalue weighted by atomic mass is 10.2. The lowest BCUT2D eigenvalue weighted by molar-refractivity contribution is -0.180. The first kappa shape index (κ1) is 11.6. The van der Waals surface area contributed by atoms with Crippen LogP contribution in [-0.2, 0) is 14.3 Å². The molecule has 1 aliphatic heterocycles. The van der Waals surface area contributed by atoms with E-state index in [2.05, 4.69) is 6.58 Å². The van der Waals surface area contributed by atoms with Crippen molar-refractivity contribution in [2.24, 2.45) is 0 Å². The molecule has 0 saturated carbocycles. The third kappa shape index (κ3) is 2.75. The molecule has 0 aromatic carbocycles. The van der Waals surface area contributed by atoms with Crippen LogP contribution < -0.4 is 0 Å². The van der Waals surface area contributed by atoms with Gasteiger partial charge in [-0.3, -0.25) is 0 Å². The molecule has 1 atom stereocenters. The first-order chi connectivity index (χ1) is 6.43. The average Bonchev–Trinajstić information content (AvgIpc) is 2.08. The number of esters is 1. The van der Waals surface area contributed by atoms with Gasteiger partial charge in [0.1, 0.15) is 0 Å². The van der Waals surface area contributed by atoms with Gasteiger partial charge in [0, 0.05) is 11.3 Å². The summed E-state index contributed by atoms with van der Waals surface area (Å²) in [5.74, 6) is 0.555. The molecule has 1 rings (SSSR count). The Morgan fingerprint density at radius 3 is 2.79 bits per heavy atom. The topological polar surface area (TPSA) is 35.5 Å². The molecule has 4 heteroatoms. The van der Waals surface area contributed by atoms with E-state index in [4.69, 9.17) is 9.47 Å². The van der Waals surface area contributed by atoms with Crippen LogP contribution >= 0.6 is 11.8 Å². The van der Waals surface area contributed by atoms with Crippen LogP contribution in [0.2, 0.25) is 0 Å². The highest BCUT2D eigenvalue weighted by molar-refractivity contribution is 8.00. The van der Waals surface area contributed by atoms with Crippen LogP contribution in [0.15, 0.2) is 12.2 Å². The quantitative estimate of drug-likeness (QED) is 0.522. The van der Waals surface area contributed by atoms with E-state index in [1.54, 1.807) is 18.7 Å². The van der Waals surface area contributed by atoms with Gasteiger partial charge in [-0.05, 0) is 20.8 Å². The molecule has 0 N–H and O–H groups in total. The molecule has 0 amide bonds. The van der Waals surface area contributed by atoms with Gasteiger partial charge < -0.3 is 9.47 Å². The van der Waals surface area contributed by atoms with E-state index >= 15 is 0 Å². The standard InChI is InChI=1S/C10H16O3S/c1-7(2)8(11)13-9-10(3,4)14-6-5-12-9/h9H,1,5-6H2,2-4H3. The van der Waals surface area contributed by atoms with Crippen molar-refractivity contribution in [3.63, 3.8) is 0 Å². The number of rotatable bonds is 2. The molecule has 0 aromatic rings. The van der Waals surface area contributed by atoms with Gasteiger partial charge in [0.2, 0.25) is 6.29 Å². The van der Waals surface area contributed by atoms with Crippen LogP contribution in [0.1, 0.15) is 20.8 Å². The van der Waals surface area contributed by atoms with Crippen LogP contribution in [-0.4, -0.2) is 29.4 Å². The zero-order valence-corrected chi connectivity index (χ0v) is 9.65. The highest BCUT2D eigenvalue weighted by atomic mass is 32.2. The lowest BCUT2D eigenvalue weighted by Gasteiger charge is -2.36. The van der Waals surface area contributed by atoms with Crippen molar-refractivity contribution in [3.8, 4) is 0 Å². The number of carbonyl (C=O) groups excluding carboxylic acids is 1. The molecule has 1 fully saturated rings. The molecule has 1 aliphatic rings. The second-order valence-electron chi connectivity index (χ2n) is 3.84. The van der Waals surface area contributed by atoms with Gasteiger partial charge in [0.15, 0.2) is 0 Å². The predicted octanol–water partition coefficient (Wildman–Crippen LogP) is 1.97. The van der Waals surface area contributed by atoms with Crippen molar-refractivity contribution in [2.45, 2.75) is 31.8 Å². The summed E-state index contributed by atoms with van der Waals surface area (Å²) in [6.07, 6.45) is -0.467. The molecule has 0 bridgehead atoms. The fourth-order valence-electron chi connectivity index (χ4n) is 1.10. The molecule has 14 heavy (non-hydrogen) atoms. The SMILES string of the molecule is C=C(C)C(=O)OC1OCCSC1(C)C. The van der Waals surface area contributed by atoms with E-state index in [0.29, 0.717) is 12.2 Å². The maximum absolute atomic E-state index is 11.3. The van der Waals surface area contributed by atoms with Gasteiger partial charge in [0.05, 0.1) is 11.4 Å². The highest BCUT2D eigenvalue weighted by Crippen LogP contribution is 2.34. The van der Waals surface area contributed by atoms with Crippen molar-refractivity contribution in [1.82, 2.24) is 0 Å². The minimum atomic E-state index is -0.467. The van der Waals surface area contributed by atoms with E-state index in [0.717, 1.165) is 5.75 Å². The van der Waals surface area contributed by atoms with Crippen LogP contribution in [0, 0.1) is 0 Å². The fraction of sp³-hybridized carbons (Fsp3) is 0.700. The maximum Gasteiger partial charge on any atom is 0.335 e. The molecule has 0 spiro atoms. The smallest absolute Gasteiger partial charge is 0.335 e. The Morgan fingerprint density at radius 2 is 2.29 bits per heavy atom. The van der Waals surface area contributed by atoms with Crippen LogP contribution in [0.4, 0.5) is 0 Å². The van der Waals surface area contributed by atoms with Crippen molar-refractivity contribution in [1.29, 1.82) is 0 Å². The normalized spacial score (nSPS) is 25.5. The first-order valence-corrected chi connectivity index (χ1v) is 5.54. The minimum Gasteiger partial charge on any atom is -0.431 e. The summed E-state index contributed by atoms with van der Waals surface area (Å²) in [5.41, 5.74) is 0.403. The number of hydrogen-bond donors (Lipinski definition) is 0. The molecule has 0 radical (unpaired) electrons. The van der Waals surface area contributed by atoms with E-state index in [9.17, 15) is 4.79 Å². The largest absolute Gasteiger partial charge is 0.431 e. The molecular formula is C10H16O3S. The Hall–Kier alpha value is -0.480. The average molecular weight is 216 g/mol. The van der Waals surface area contributed by atoms with Gasteiger partial charge in [-0.1, -0.05) is 6.58 Å². The summed E-state index contributed by atoms with van der Waals surface area (Å²) in [6.45, 7) is 9.80. The maximum atomic E-state index is 11.3. The van der Waals surface area contributed by atoms with E-state index < -0.39 is 6.29 Å². The van der Waals surface area contributed by atoms with Crippen LogP contribution in [0.5, 0.6) is 0 Å². The number of carbonyl (C=O) groups is 1. The minimum absolute atomic E-state index is 0.177. The zero-order valence-electron chi connectivity index (χ0n) is 8.83. The highest BCUT2D eigenvalue weighted by Gasteiger charge is 2.37. The fourth-order valence-corrected chi connectivity index (χ4v) is 2.06. The van der Waals surface area contributed by atoms with Crippen LogP contribution in [0.3, 0.4) is 0 Å². The van der Waals surface area contributed by atoms with Crippen molar-refractivity contribution >= 4 is 17.7 Å². The van der Waals surface area contributed by atoms with Crippen molar-refractivity contribution in [2.75, 3.05) is 12.4 Å². The Balaban J connectivity index is 2.58. The van der Waals surface area contributed by atoms with Crippen molar-refractivity contribution in [3.05, 3.63) is 12.2 Å². The second-order valence-corrected chi connectivity index (χ2v) is 5.59. The molecule has 0 aromatic heterocycles. The summed E-state index contributed by atoms with van der Waals surface area (Å²) in [6, 6.07) is 0. The summed E-state index contributed by atoms with van der Waals surface area (Å²) >= 11 is 1.75. The molecule has 1 saturated heterocycles. The summed E-state index contributed by atoms with van der Waals surface area (Å²) in [5, 5.41) is 0. The third-order valence-corrected chi connectivity index (χ3v) is 3.26. The Labute approximate surface area is 88.8 Å². The van der Waals surface area contributed by atoms with Gasteiger partial charge in [-0.2, -0.15) is 0 Å². The van der Waals surface area contributed by atoms with Gasteiger partial charge in [-0.15, -0.1) is 11.8 Å². The number of ether oxygens (including phenoxy) is 2. The summed E-state index contributed by atoms with van der Waals surface area (Å²) in [4.78, 5) is 11.3. The van der Waals surface area contributed by atoms with Gasteiger partial charge >= 0.3 is 5.97 Å². The molecule has 1 unspecified atom stereocenters. The van der Waals surface area contributed by atoms with E-state index in [1.807, 2.05) is 13.8 Å². The summed E-state index contributed by atoms with van der Waals surface area (Å²) < 4.78 is 10.4. The van der Waals surface area contributed by atoms with Crippen LogP contribution in [0.25, 0.3) is 0 Å². The predicted molar refractivity (Wildman–Crippen MR) is 57.2 cm³/mol. The zero-order chi connectivity index (χ0) is 10.8. The number of thioether (sulfide) groups is 1. The summed E-state index contributed by atoms with van der Waals surface area (Å²) in [7, 11) is 0. The van der Waals surface area contributed by atoms with E-state index in [1.165, 1.54) is 0 Å². The lowest BCUT2D eigenvalue weighted by Crippen LogP contribution is -2.43. The monoisotopic (exact) mass is 216 g/mol. The molecule has 1 heterocycles. The Morgan fingerprint density at radius 1 is 1.64 bits per heavy atom. The number of hydrogen-bond acceptors (Lipinski definition) is 4. The molecule has 3 nitrogen and oxygen atoms in total. The van der Waals surface area contributed by atoms with Gasteiger partial charge in [0.25, 0.3) is 0 Å². The first-order valence-electron chi connectivity index (χ1n) is 4.55. The van der Waals surface area contributed by atoms with E-state index in [-0.39, 0.29) is 10.7 Å². The second kappa shape index (κ2) is 4.36. The molecule has 0 aliphatic carbocycles. The third-order valence-electron chi connectivity index (χ3n) is 1.96. The Kier molecular flexibility index (Phi) is 3.61. The Bertz CT molecular complexity index is 248. The van der Waals surface area contributed by atoms with Gasteiger partial charge in [-0.25, -0.2) is 4.79 Å². The van der Waals surface area contributed by atoms with Crippen molar-refractivity contribution < 1.29 is 14.3 Å².